The Bertz CT molecular complexity index is 680. The molecule has 0 saturated carbocycles. The first-order valence-corrected chi connectivity index (χ1v) is 5.82. The van der Waals surface area contributed by atoms with Crippen LogP contribution in [0.1, 0.15) is 41.6 Å². The van der Waals surface area contributed by atoms with E-state index in [0.717, 1.165) is 0 Å². The number of carbonyl (C=O) groups is 2. The third-order valence-corrected chi connectivity index (χ3v) is 2.82. The Morgan fingerprint density at radius 1 is 1.32 bits per heavy atom. The summed E-state index contributed by atoms with van der Waals surface area (Å²) < 4.78 is 1.58. The van der Waals surface area contributed by atoms with Crippen LogP contribution in [0.4, 0.5) is 0 Å². The Labute approximate surface area is 110 Å². The number of aromatic carboxylic acids is 1. The zero-order chi connectivity index (χ0) is 14.4. The van der Waals surface area contributed by atoms with Crippen molar-refractivity contribution in [1.82, 2.24) is 14.5 Å². The van der Waals surface area contributed by atoms with Crippen molar-refractivity contribution < 1.29 is 14.7 Å². The molecule has 2 aromatic heterocycles. The third kappa shape index (κ3) is 2.21. The van der Waals surface area contributed by atoms with Gasteiger partial charge in [-0.15, -0.1) is 0 Å². The summed E-state index contributed by atoms with van der Waals surface area (Å²) in [6, 6.07) is 1.32. The van der Waals surface area contributed by atoms with Crippen molar-refractivity contribution in [2.24, 2.45) is 12.5 Å². The molecule has 100 valence electrons. The fraction of sp³-hybridized carbons (Fsp3) is 0.385. The van der Waals surface area contributed by atoms with Crippen LogP contribution in [0.5, 0.6) is 0 Å². The van der Waals surface area contributed by atoms with Crippen molar-refractivity contribution in [3.63, 3.8) is 0 Å². The number of aromatic nitrogens is 3. The molecule has 0 unspecified atom stereocenters. The summed E-state index contributed by atoms with van der Waals surface area (Å²) in [4.78, 5) is 31.7. The number of hydrogen-bond acceptors (Lipinski definition) is 4. The summed E-state index contributed by atoms with van der Waals surface area (Å²) in [5, 5.41) is 9.25. The summed E-state index contributed by atoms with van der Waals surface area (Å²) in [6.45, 7) is 5.29. The molecule has 1 N–H and O–H groups in total. The zero-order valence-electron chi connectivity index (χ0n) is 11.3. The summed E-state index contributed by atoms with van der Waals surface area (Å²) in [5.41, 5.74) is 0.243. The van der Waals surface area contributed by atoms with Crippen LogP contribution in [0.2, 0.25) is 0 Å². The lowest BCUT2D eigenvalue weighted by atomic mass is 9.88. The molecule has 2 aromatic rings. The van der Waals surface area contributed by atoms with E-state index >= 15 is 0 Å². The van der Waals surface area contributed by atoms with E-state index in [1.54, 1.807) is 32.4 Å². The highest BCUT2D eigenvalue weighted by Gasteiger charge is 2.27. The van der Waals surface area contributed by atoms with Gasteiger partial charge in [-0.05, 0) is 6.07 Å². The second-order valence-corrected chi connectivity index (χ2v) is 5.47. The van der Waals surface area contributed by atoms with Crippen molar-refractivity contribution in [3.05, 3.63) is 23.7 Å². The molecule has 0 aliphatic carbocycles. The van der Waals surface area contributed by atoms with Gasteiger partial charge in [-0.2, -0.15) is 0 Å². The predicted molar refractivity (Wildman–Crippen MR) is 69.3 cm³/mol. The standard InChI is InChI=1S/C13H15N3O3/c1-13(2,3)10(17)8-5-7(12(18)19)9-11(15-8)14-6-16(9)4/h5-6H,1-4H3,(H,18,19). The molecular formula is C13H15N3O3. The van der Waals surface area contributed by atoms with Crippen LogP contribution >= 0.6 is 0 Å². The van der Waals surface area contributed by atoms with Gasteiger partial charge in [-0.25, -0.2) is 14.8 Å². The van der Waals surface area contributed by atoms with Crippen molar-refractivity contribution >= 4 is 22.9 Å². The SMILES string of the molecule is Cn1cnc2nc(C(=O)C(C)(C)C)cc(C(=O)O)c21. The number of carbonyl (C=O) groups excluding carboxylic acids is 1. The first kappa shape index (κ1) is 13.2. The van der Waals surface area contributed by atoms with E-state index in [4.69, 9.17) is 0 Å². The highest BCUT2D eigenvalue weighted by molar-refractivity contribution is 6.05. The summed E-state index contributed by atoms with van der Waals surface area (Å²) in [7, 11) is 1.69. The molecule has 6 heteroatoms. The lowest BCUT2D eigenvalue weighted by Crippen LogP contribution is -2.22. The van der Waals surface area contributed by atoms with E-state index in [1.165, 1.54) is 12.4 Å². The Kier molecular flexibility index (Phi) is 2.88. The van der Waals surface area contributed by atoms with Crippen LogP contribution in [-0.2, 0) is 7.05 Å². The number of fused-ring (bicyclic) bond motifs is 1. The number of Topliss-reactive ketones (excluding diaryl/α,β-unsaturated/α-hetero) is 1. The van der Waals surface area contributed by atoms with Gasteiger partial charge in [0.25, 0.3) is 0 Å². The molecule has 6 nitrogen and oxygen atoms in total. The Morgan fingerprint density at radius 3 is 2.47 bits per heavy atom. The monoisotopic (exact) mass is 261 g/mol. The van der Waals surface area contributed by atoms with Crippen LogP contribution in [0.25, 0.3) is 11.2 Å². The maximum Gasteiger partial charge on any atom is 0.338 e. The quantitative estimate of drug-likeness (QED) is 0.834. The number of hydrogen-bond donors (Lipinski definition) is 1. The van der Waals surface area contributed by atoms with Gasteiger partial charge in [0.2, 0.25) is 0 Å². The molecule has 0 fully saturated rings. The summed E-state index contributed by atoms with van der Waals surface area (Å²) >= 11 is 0. The molecule has 0 saturated heterocycles. The van der Waals surface area contributed by atoms with Gasteiger partial charge in [0.05, 0.1) is 11.9 Å². The van der Waals surface area contributed by atoms with Gasteiger partial charge in [0.15, 0.2) is 11.4 Å². The molecule has 0 spiro atoms. The molecule has 0 aliphatic rings. The maximum absolute atomic E-state index is 12.2. The van der Waals surface area contributed by atoms with E-state index in [1.807, 2.05) is 0 Å². The number of imidazole rings is 1. The molecule has 0 amide bonds. The van der Waals surface area contributed by atoms with Crippen LogP contribution in [-0.4, -0.2) is 31.4 Å². The molecule has 0 aromatic carbocycles. The minimum absolute atomic E-state index is 0.0394. The van der Waals surface area contributed by atoms with Gasteiger partial charge < -0.3 is 9.67 Å². The topological polar surface area (TPSA) is 85.1 Å². The minimum Gasteiger partial charge on any atom is -0.478 e. The number of pyridine rings is 1. The lowest BCUT2D eigenvalue weighted by Gasteiger charge is -2.16. The van der Waals surface area contributed by atoms with E-state index in [2.05, 4.69) is 9.97 Å². The van der Waals surface area contributed by atoms with E-state index in [-0.39, 0.29) is 22.7 Å². The average molecular weight is 261 g/mol. The largest absolute Gasteiger partial charge is 0.478 e. The Balaban J connectivity index is 2.73. The van der Waals surface area contributed by atoms with Gasteiger partial charge in [-0.3, -0.25) is 4.79 Å². The maximum atomic E-state index is 12.2. The van der Waals surface area contributed by atoms with Crippen LogP contribution in [0.15, 0.2) is 12.4 Å². The van der Waals surface area contributed by atoms with Crippen molar-refractivity contribution in [3.8, 4) is 0 Å². The smallest absolute Gasteiger partial charge is 0.338 e. The number of aryl methyl sites for hydroxylation is 1. The number of ketones is 1. The molecule has 19 heavy (non-hydrogen) atoms. The fourth-order valence-corrected chi connectivity index (χ4v) is 1.83. The molecule has 0 bridgehead atoms. The zero-order valence-corrected chi connectivity index (χ0v) is 11.3. The van der Waals surface area contributed by atoms with Crippen LogP contribution in [0.3, 0.4) is 0 Å². The van der Waals surface area contributed by atoms with Crippen LogP contribution in [0, 0.1) is 5.41 Å². The lowest BCUT2D eigenvalue weighted by molar-refractivity contribution is 0.0698. The predicted octanol–water partition coefficient (Wildman–Crippen LogP) is 1.90. The highest BCUT2D eigenvalue weighted by Crippen LogP contribution is 2.23. The van der Waals surface area contributed by atoms with Gasteiger partial charge >= 0.3 is 5.97 Å². The number of rotatable bonds is 2. The molecular weight excluding hydrogens is 246 g/mol. The van der Waals surface area contributed by atoms with Crippen molar-refractivity contribution in [1.29, 1.82) is 0 Å². The van der Waals surface area contributed by atoms with E-state index in [0.29, 0.717) is 5.52 Å². The number of carboxylic acid groups (broad SMARTS) is 1. The van der Waals surface area contributed by atoms with Gasteiger partial charge in [0.1, 0.15) is 11.2 Å². The van der Waals surface area contributed by atoms with Gasteiger partial charge in [-0.1, -0.05) is 20.8 Å². The second kappa shape index (κ2) is 4.15. The molecule has 0 atom stereocenters. The van der Waals surface area contributed by atoms with E-state index in [9.17, 15) is 14.7 Å². The summed E-state index contributed by atoms with van der Waals surface area (Å²) in [5.74, 6) is -1.30. The molecule has 0 radical (unpaired) electrons. The normalized spacial score (nSPS) is 11.8. The molecule has 2 heterocycles. The third-order valence-electron chi connectivity index (χ3n) is 2.82. The van der Waals surface area contributed by atoms with Gasteiger partial charge in [0, 0.05) is 12.5 Å². The molecule has 2 rings (SSSR count). The minimum atomic E-state index is -1.10. The molecule has 0 aliphatic heterocycles. The highest BCUT2D eigenvalue weighted by atomic mass is 16.4. The summed E-state index contributed by atoms with van der Waals surface area (Å²) in [6.07, 6.45) is 1.48. The Hall–Kier alpha value is -2.24. The second-order valence-electron chi connectivity index (χ2n) is 5.47. The first-order valence-electron chi connectivity index (χ1n) is 5.82. The average Bonchev–Trinajstić information content (AvgIpc) is 2.67. The number of carboxylic acids is 1. The Morgan fingerprint density at radius 2 is 1.95 bits per heavy atom. The van der Waals surface area contributed by atoms with Crippen molar-refractivity contribution in [2.75, 3.05) is 0 Å². The van der Waals surface area contributed by atoms with E-state index < -0.39 is 11.4 Å². The number of nitrogens with zero attached hydrogens (tertiary/aromatic N) is 3. The van der Waals surface area contributed by atoms with Crippen molar-refractivity contribution in [2.45, 2.75) is 20.8 Å². The first-order chi connectivity index (χ1) is 8.71. The van der Waals surface area contributed by atoms with Crippen LogP contribution < -0.4 is 0 Å². The fourth-order valence-electron chi connectivity index (χ4n) is 1.83.